The lowest BCUT2D eigenvalue weighted by atomic mass is 10.0. The number of alkyl carbamates (subject to hydrolysis) is 1. The fourth-order valence-electron chi connectivity index (χ4n) is 2.95. The van der Waals surface area contributed by atoms with Gasteiger partial charge < -0.3 is 47.9 Å². The van der Waals surface area contributed by atoms with E-state index in [9.17, 15) is 24.0 Å². The Morgan fingerprint density at radius 3 is 2.17 bits per heavy atom. The van der Waals surface area contributed by atoms with Gasteiger partial charge in [-0.25, -0.2) is 14.4 Å². The largest absolute Gasteiger partial charge is 0.445 e. The van der Waals surface area contributed by atoms with E-state index in [0.717, 1.165) is 0 Å². The van der Waals surface area contributed by atoms with E-state index < -0.39 is 48.1 Å². The molecule has 0 bridgehead atoms. The second-order valence-corrected chi connectivity index (χ2v) is 8.07. The second kappa shape index (κ2) is 15.8. The molecule has 0 saturated carbocycles. The number of hydrogen-bond acceptors (Lipinski definition) is 8. The Labute approximate surface area is 209 Å². The average Bonchev–Trinajstić information content (AvgIpc) is 2.81. The molecule has 0 saturated heterocycles. The predicted molar refractivity (Wildman–Crippen MR) is 130 cm³/mol. The molecule has 2 atom stereocenters. The van der Waals surface area contributed by atoms with Crippen LogP contribution in [0.1, 0.15) is 32.3 Å². The van der Waals surface area contributed by atoms with Crippen molar-refractivity contribution in [3.05, 3.63) is 29.8 Å². The first-order valence-electron chi connectivity index (χ1n) is 11.3. The number of urea groups is 1. The zero-order valence-electron chi connectivity index (χ0n) is 20.4. The van der Waals surface area contributed by atoms with Crippen molar-refractivity contribution in [1.82, 2.24) is 16.0 Å². The van der Waals surface area contributed by atoms with Crippen LogP contribution >= 0.6 is 0 Å². The van der Waals surface area contributed by atoms with Crippen molar-refractivity contribution in [3.8, 4) is 0 Å². The molecule has 6 amide bonds. The standard InChI is InChI=1S/C22H35N7O7/c1-13(2)17(36-21(25)33)19(31)29-16(4-3-10-26-20(24)32)18(30)28-15-7-5-14(6-8-15)12-35-22(34)27-11-9-23/h5-8,13,16-17H,3-4,9-12,23H2,1-2H3,(H2,25,33)(H,27,34)(H,28,30)(H,29,31)(H3,24,26,32). The fraction of sp³-hybridized carbons (Fsp3) is 0.500. The number of nitrogens with one attached hydrogen (secondary N) is 4. The van der Waals surface area contributed by atoms with Crippen LogP contribution in [0.3, 0.4) is 0 Å². The van der Waals surface area contributed by atoms with E-state index >= 15 is 0 Å². The summed E-state index contributed by atoms with van der Waals surface area (Å²) >= 11 is 0. The van der Waals surface area contributed by atoms with Gasteiger partial charge in [-0.05, 0) is 36.5 Å². The summed E-state index contributed by atoms with van der Waals surface area (Å²) in [6, 6.07) is 4.80. The zero-order chi connectivity index (χ0) is 27.1. The molecule has 1 aromatic rings. The van der Waals surface area contributed by atoms with Crippen molar-refractivity contribution in [3.63, 3.8) is 0 Å². The van der Waals surface area contributed by atoms with Crippen molar-refractivity contribution in [1.29, 1.82) is 0 Å². The topological polar surface area (TPSA) is 230 Å². The Kier molecular flexibility index (Phi) is 13.1. The summed E-state index contributed by atoms with van der Waals surface area (Å²) in [4.78, 5) is 59.2. The van der Waals surface area contributed by atoms with E-state index in [1.165, 1.54) is 0 Å². The maximum atomic E-state index is 12.9. The minimum absolute atomic E-state index is 0.0205. The minimum Gasteiger partial charge on any atom is -0.445 e. The summed E-state index contributed by atoms with van der Waals surface area (Å²) in [5.41, 5.74) is 16.5. The first-order chi connectivity index (χ1) is 17.0. The van der Waals surface area contributed by atoms with Gasteiger partial charge in [0.05, 0.1) is 0 Å². The first kappa shape index (κ1) is 30.0. The molecular weight excluding hydrogens is 474 g/mol. The quantitative estimate of drug-likeness (QED) is 0.166. The van der Waals surface area contributed by atoms with Gasteiger partial charge in [0.1, 0.15) is 12.6 Å². The van der Waals surface area contributed by atoms with Gasteiger partial charge in [0.15, 0.2) is 6.10 Å². The maximum absolute atomic E-state index is 12.9. The van der Waals surface area contributed by atoms with E-state index in [2.05, 4.69) is 21.3 Å². The molecule has 200 valence electrons. The molecule has 36 heavy (non-hydrogen) atoms. The van der Waals surface area contributed by atoms with E-state index in [4.69, 9.17) is 26.7 Å². The highest BCUT2D eigenvalue weighted by Gasteiger charge is 2.30. The summed E-state index contributed by atoms with van der Waals surface area (Å²) < 4.78 is 9.93. The SMILES string of the molecule is CC(C)C(OC(N)=O)C(=O)NC(CCCNC(N)=O)C(=O)Nc1ccc(COC(=O)NCCN)cc1. The van der Waals surface area contributed by atoms with Crippen molar-refractivity contribution in [2.75, 3.05) is 25.0 Å². The van der Waals surface area contributed by atoms with Crippen molar-refractivity contribution < 1.29 is 33.4 Å². The van der Waals surface area contributed by atoms with Gasteiger partial charge in [-0.2, -0.15) is 0 Å². The van der Waals surface area contributed by atoms with Crippen LogP contribution in [-0.4, -0.2) is 61.8 Å². The van der Waals surface area contributed by atoms with Crippen LogP contribution in [0.2, 0.25) is 0 Å². The van der Waals surface area contributed by atoms with Crippen molar-refractivity contribution in [2.45, 2.75) is 45.4 Å². The zero-order valence-corrected chi connectivity index (χ0v) is 20.4. The van der Waals surface area contributed by atoms with Gasteiger partial charge in [-0.1, -0.05) is 26.0 Å². The van der Waals surface area contributed by atoms with Crippen LogP contribution < -0.4 is 38.5 Å². The first-order valence-corrected chi connectivity index (χ1v) is 11.3. The Balaban J connectivity index is 2.82. The van der Waals surface area contributed by atoms with Crippen LogP contribution in [-0.2, 0) is 25.7 Å². The third kappa shape index (κ3) is 11.9. The van der Waals surface area contributed by atoms with Crippen molar-refractivity contribution in [2.24, 2.45) is 23.1 Å². The molecule has 0 radical (unpaired) electrons. The van der Waals surface area contributed by atoms with Gasteiger partial charge in [-0.15, -0.1) is 0 Å². The summed E-state index contributed by atoms with van der Waals surface area (Å²) in [5, 5.41) is 10.2. The lowest BCUT2D eigenvalue weighted by Gasteiger charge is -2.24. The molecule has 0 fully saturated rings. The highest BCUT2D eigenvalue weighted by atomic mass is 16.6. The molecule has 14 heteroatoms. The van der Waals surface area contributed by atoms with Gasteiger partial charge in [0, 0.05) is 25.3 Å². The minimum atomic E-state index is -1.19. The number of nitrogens with two attached hydrogens (primary N) is 3. The highest BCUT2D eigenvalue weighted by molar-refractivity contribution is 5.98. The molecule has 0 aliphatic rings. The molecule has 14 nitrogen and oxygen atoms in total. The number of rotatable bonds is 14. The Morgan fingerprint density at radius 2 is 1.61 bits per heavy atom. The third-order valence-corrected chi connectivity index (χ3v) is 4.71. The molecule has 2 unspecified atom stereocenters. The summed E-state index contributed by atoms with van der Waals surface area (Å²) in [6.45, 7) is 4.12. The second-order valence-electron chi connectivity index (χ2n) is 8.07. The van der Waals surface area contributed by atoms with Crippen LogP contribution in [0.4, 0.5) is 20.1 Å². The summed E-state index contributed by atoms with van der Waals surface area (Å²) in [7, 11) is 0. The van der Waals surface area contributed by atoms with Gasteiger partial charge in [-0.3, -0.25) is 9.59 Å². The van der Waals surface area contributed by atoms with Crippen LogP contribution in [0, 0.1) is 5.92 Å². The number of amides is 6. The number of ether oxygens (including phenoxy) is 2. The van der Waals surface area contributed by atoms with E-state index in [1.54, 1.807) is 38.1 Å². The predicted octanol–water partition coefficient (Wildman–Crippen LogP) is -0.137. The van der Waals surface area contributed by atoms with E-state index in [1.807, 2.05) is 0 Å². The molecule has 1 rings (SSSR count). The van der Waals surface area contributed by atoms with Crippen molar-refractivity contribution >= 4 is 35.7 Å². The average molecular weight is 510 g/mol. The van der Waals surface area contributed by atoms with E-state index in [-0.39, 0.29) is 19.6 Å². The third-order valence-electron chi connectivity index (χ3n) is 4.71. The molecule has 0 heterocycles. The van der Waals surface area contributed by atoms with Gasteiger partial charge in [0.25, 0.3) is 5.91 Å². The fourth-order valence-corrected chi connectivity index (χ4v) is 2.95. The summed E-state index contributed by atoms with van der Waals surface area (Å²) in [5.74, 6) is -1.62. The Morgan fingerprint density at radius 1 is 0.944 bits per heavy atom. The number of hydrogen-bond donors (Lipinski definition) is 7. The lowest BCUT2D eigenvalue weighted by molar-refractivity contribution is -0.134. The molecular formula is C22H35N7O7. The molecule has 0 spiro atoms. The summed E-state index contributed by atoms with van der Waals surface area (Å²) in [6.07, 6.45) is -2.42. The number of carbonyl (C=O) groups is 5. The van der Waals surface area contributed by atoms with E-state index in [0.29, 0.717) is 30.8 Å². The normalized spacial score (nSPS) is 12.1. The van der Waals surface area contributed by atoms with Gasteiger partial charge >= 0.3 is 18.2 Å². The molecule has 0 aromatic heterocycles. The number of benzene rings is 1. The number of anilines is 1. The van der Waals surface area contributed by atoms with Gasteiger partial charge in [0.2, 0.25) is 5.91 Å². The Hall–Kier alpha value is -4.07. The number of primary amides is 2. The van der Waals surface area contributed by atoms with Crippen LogP contribution in [0.25, 0.3) is 0 Å². The maximum Gasteiger partial charge on any atom is 0.407 e. The van der Waals surface area contributed by atoms with Crippen LogP contribution in [0.15, 0.2) is 24.3 Å². The molecule has 10 N–H and O–H groups in total. The monoisotopic (exact) mass is 509 g/mol. The molecule has 1 aromatic carbocycles. The molecule has 0 aliphatic carbocycles. The highest BCUT2D eigenvalue weighted by Crippen LogP contribution is 2.13. The smallest absolute Gasteiger partial charge is 0.407 e. The number of carbonyl (C=O) groups excluding carboxylic acids is 5. The van der Waals surface area contributed by atoms with Crippen LogP contribution in [0.5, 0.6) is 0 Å². The Bertz CT molecular complexity index is 893. The lowest BCUT2D eigenvalue weighted by Crippen LogP contribution is -2.50. The molecule has 0 aliphatic heterocycles.